The molecule has 0 saturated carbocycles. The molecule has 0 radical (unpaired) electrons. The fourth-order valence-corrected chi connectivity index (χ4v) is 3.38. The number of nitrogens with zero attached hydrogens (tertiary/aromatic N) is 1. The lowest BCUT2D eigenvalue weighted by Crippen LogP contribution is -2.30. The van der Waals surface area contributed by atoms with Gasteiger partial charge < -0.3 is 5.32 Å². The largest absolute Gasteiger partial charge is 0.310 e. The summed E-state index contributed by atoms with van der Waals surface area (Å²) in [5.41, 5.74) is 3.53. The van der Waals surface area contributed by atoms with Crippen LogP contribution < -0.4 is 5.32 Å². The van der Waals surface area contributed by atoms with Crippen molar-refractivity contribution in [3.63, 3.8) is 0 Å². The Kier molecular flexibility index (Phi) is 4.30. The maximum atomic E-state index is 13.6. The molecule has 1 aromatic heterocycles. The van der Waals surface area contributed by atoms with E-state index in [4.69, 9.17) is 0 Å². The van der Waals surface area contributed by atoms with Gasteiger partial charge in [-0.15, -0.1) is 0 Å². The molecule has 0 spiro atoms. The summed E-state index contributed by atoms with van der Waals surface area (Å²) in [6.07, 6.45) is 5.23. The third-order valence-corrected chi connectivity index (χ3v) is 4.27. The summed E-state index contributed by atoms with van der Waals surface area (Å²) >= 11 is 0. The van der Waals surface area contributed by atoms with Gasteiger partial charge in [-0.3, -0.25) is 4.98 Å². The molecule has 2 aromatic rings. The monoisotopic (exact) mass is 284 g/mol. The Morgan fingerprint density at radius 2 is 2.24 bits per heavy atom. The van der Waals surface area contributed by atoms with Crippen LogP contribution in [0.15, 0.2) is 42.6 Å². The van der Waals surface area contributed by atoms with E-state index in [2.05, 4.69) is 23.3 Å². The van der Waals surface area contributed by atoms with E-state index in [9.17, 15) is 4.39 Å². The Bertz CT molecular complexity index is 612. The first kappa shape index (κ1) is 14.2. The van der Waals surface area contributed by atoms with Crippen LogP contribution >= 0.6 is 0 Å². The fourth-order valence-electron chi connectivity index (χ4n) is 3.38. The second kappa shape index (κ2) is 6.35. The third kappa shape index (κ3) is 2.98. The molecule has 1 N–H and O–H groups in total. The maximum absolute atomic E-state index is 13.6. The van der Waals surface area contributed by atoms with Gasteiger partial charge in [-0.2, -0.15) is 0 Å². The van der Waals surface area contributed by atoms with Crippen molar-refractivity contribution in [1.29, 1.82) is 0 Å². The van der Waals surface area contributed by atoms with Crippen LogP contribution in [0.3, 0.4) is 0 Å². The van der Waals surface area contributed by atoms with Gasteiger partial charge in [0.25, 0.3) is 0 Å². The molecule has 0 bridgehead atoms. The minimum absolute atomic E-state index is 0.125. The van der Waals surface area contributed by atoms with Gasteiger partial charge in [0.05, 0.1) is 0 Å². The topological polar surface area (TPSA) is 24.9 Å². The van der Waals surface area contributed by atoms with Crippen molar-refractivity contribution >= 4 is 0 Å². The molecule has 0 amide bonds. The molecule has 0 fully saturated rings. The van der Waals surface area contributed by atoms with Crippen molar-refractivity contribution < 1.29 is 4.39 Å². The predicted molar refractivity (Wildman–Crippen MR) is 82.7 cm³/mol. The summed E-state index contributed by atoms with van der Waals surface area (Å²) in [5, 5.41) is 3.53. The van der Waals surface area contributed by atoms with Gasteiger partial charge in [0.15, 0.2) is 0 Å². The van der Waals surface area contributed by atoms with E-state index in [1.54, 1.807) is 12.1 Å². The molecule has 1 aromatic carbocycles. The number of hydrogen-bond donors (Lipinski definition) is 1. The molecule has 0 aliphatic heterocycles. The van der Waals surface area contributed by atoms with Crippen molar-refractivity contribution in [3.8, 4) is 0 Å². The Labute approximate surface area is 125 Å². The first-order valence-corrected chi connectivity index (χ1v) is 7.72. The van der Waals surface area contributed by atoms with Crippen molar-refractivity contribution in [3.05, 3.63) is 65.2 Å². The van der Waals surface area contributed by atoms with Crippen LogP contribution in [0.4, 0.5) is 4.39 Å². The van der Waals surface area contributed by atoms with Crippen LogP contribution in [-0.4, -0.2) is 11.5 Å². The van der Waals surface area contributed by atoms with Crippen LogP contribution in [0, 0.1) is 5.82 Å². The number of rotatable bonds is 4. The molecule has 3 rings (SSSR count). The van der Waals surface area contributed by atoms with Crippen LogP contribution in [-0.2, 0) is 6.42 Å². The van der Waals surface area contributed by atoms with Gasteiger partial charge in [-0.25, -0.2) is 4.39 Å². The lowest BCUT2D eigenvalue weighted by Gasteiger charge is -2.32. The van der Waals surface area contributed by atoms with Gasteiger partial charge in [-0.05, 0) is 55.1 Å². The minimum atomic E-state index is -0.174. The van der Waals surface area contributed by atoms with Crippen LogP contribution in [0.25, 0.3) is 0 Å². The number of benzene rings is 1. The standard InChI is InChI=1S/C18H21FN2/c1-2-20-18(14-7-3-9-15(19)12-14)16-10-4-6-13-8-5-11-21-17(13)16/h3,5,7-9,11-12,16,18,20H,2,4,6,10H2,1H3. The number of pyridine rings is 1. The van der Waals surface area contributed by atoms with E-state index in [1.807, 2.05) is 18.3 Å². The molecule has 1 aliphatic rings. The summed E-state index contributed by atoms with van der Waals surface area (Å²) in [4.78, 5) is 4.62. The Morgan fingerprint density at radius 3 is 3.05 bits per heavy atom. The minimum Gasteiger partial charge on any atom is -0.310 e. The zero-order chi connectivity index (χ0) is 14.7. The van der Waals surface area contributed by atoms with Gasteiger partial charge in [0.1, 0.15) is 5.82 Å². The Hall–Kier alpha value is -1.74. The number of aryl methyl sites for hydroxylation is 1. The van der Waals surface area contributed by atoms with Crippen molar-refractivity contribution in [2.75, 3.05) is 6.54 Å². The summed E-state index contributed by atoms with van der Waals surface area (Å²) in [6, 6.07) is 11.2. The van der Waals surface area contributed by atoms with E-state index in [0.29, 0.717) is 5.92 Å². The molecule has 1 aliphatic carbocycles. The van der Waals surface area contributed by atoms with Gasteiger partial charge in [0, 0.05) is 23.9 Å². The number of nitrogens with one attached hydrogen (secondary N) is 1. The SMILES string of the molecule is CCNC(c1cccc(F)c1)C1CCCc2cccnc21. The summed E-state index contributed by atoms with van der Waals surface area (Å²) in [6.45, 7) is 2.95. The van der Waals surface area contributed by atoms with E-state index < -0.39 is 0 Å². The van der Waals surface area contributed by atoms with Crippen molar-refractivity contribution in [2.24, 2.45) is 0 Å². The van der Waals surface area contributed by atoms with Gasteiger partial charge in [-0.1, -0.05) is 25.1 Å². The second-order valence-corrected chi connectivity index (χ2v) is 5.64. The average molecular weight is 284 g/mol. The fraction of sp³-hybridized carbons (Fsp3) is 0.389. The highest BCUT2D eigenvalue weighted by Crippen LogP contribution is 2.39. The zero-order valence-electron chi connectivity index (χ0n) is 12.3. The zero-order valence-corrected chi connectivity index (χ0v) is 12.3. The molecule has 1 heterocycles. The molecule has 2 nitrogen and oxygen atoms in total. The molecule has 0 saturated heterocycles. The molecule has 2 unspecified atom stereocenters. The van der Waals surface area contributed by atoms with Crippen molar-refractivity contribution in [2.45, 2.75) is 38.1 Å². The summed E-state index contributed by atoms with van der Waals surface area (Å²) in [5.74, 6) is 0.143. The molecule has 3 heteroatoms. The van der Waals surface area contributed by atoms with Crippen LogP contribution in [0.2, 0.25) is 0 Å². The normalized spacial score (nSPS) is 19.0. The second-order valence-electron chi connectivity index (χ2n) is 5.64. The van der Waals surface area contributed by atoms with Crippen LogP contribution in [0.5, 0.6) is 0 Å². The number of halogens is 1. The van der Waals surface area contributed by atoms with Gasteiger partial charge >= 0.3 is 0 Å². The summed E-state index contributed by atoms with van der Waals surface area (Å²) in [7, 11) is 0. The smallest absolute Gasteiger partial charge is 0.123 e. The highest BCUT2D eigenvalue weighted by atomic mass is 19.1. The van der Waals surface area contributed by atoms with E-state index >= 15 is 0 Å². The van der Waals surface area contributed by atoms with E-state index in [1.165, 1.54) is 23.7 Å². The number of aromatic nitrogens is 1. The average Bonchev–Trinajstić information content (AvgIpc) is 2.52. The lowest BCUT2D eigenvalue weighted by atomic mass is 9.79. The first-order valence-electron chi connectivity index (χ1n) is 7.72. The maximum Gasteiger partial charge on any atom is 0.123 e. The summed E-state index contributed by atoms with van der Waals surface area (Å²) < 4.78 is 13.6. The van der Waals surface area contributed by atoms with Crippen LogP contribution in [0.1, 0.15) is 48.5 Å². The number of hydrogen-bond acceptors (Lipinski definition) is 2. The van der Waals surface area contributed by atoms with E-state index in [-0.39, 0.29) is 11.9 Å². The van der Waals surface area contributed by atoms with Crippen molar-refractivity contribution in [1.82, 2.24) is 10.3 Å². The molecule has 110 valence electrons. The molecule has 2 atom stereocenters. The molecular weight excluding hydrogens is 263 g/mol. The number of likely N-dealkylation sites (N-methyl/N-ethyl adjacent to an activating group) is 1. The Morgan fingerprint density at radius 1 is 1.33 bits per heavy atom. The third-order valence-electron chi connectivity index (χ3n) is 4.27. The predicted octanol–water partition coefficient (Wildman–Crippen LogP) is 3.99. The highest BCUT2D eigenvalue weighted by molar-refractivity contribution is 5.31. The molecule has 21 heavy (non-hydrogen) atoms. The molecular formula is C18H21FN2. The highest BCUT2D eigenvalue weighted by Gasteiger charge is 2.29. The lowest BCUT2D eigenvalue weighted by molar-refractivity contribution is 0.399. The number of fused-ring (bicyclic) bond motifs is 1. The first-order chi connectivity index (χ1) is 10.3. The van der Waals surface area contributed by atoms with E-state index in [0.717, 1.165) is 24.9 Å². The Balaban J connectivity index is 1.99. The quantitative estimate of drug-likeness (QED) is 0.918. The van der Waals surface area contributed by atoms with Gasteiger partial charge in [0.2, 0.25) is 0 Å².